The van der Waals surface area contributed by atoms with Gasteiger partial charge in [-0.3, -0.25) is 4.79 Å². The van der Waals surface area contributed by atoms with Gasteiger partial charge in [0.2, 0.25) is 5.91 Å². The summed E-state index contributed by atoms with van der Waals surface area (Å²) in [6.07, 6.45) is 0.739. The van der Waals surface area contributed by atoms with E-state index in [0.29, 0.717) is 6.42 Å². The highest BCUT2D eigenvalue weighted by atomic mass is 19.1. The van der Waals surface area contributed by atoms with Crippen LogP contribution in [0.3, 0.4) is 0 Å². The quantitative estimate of drug-likeness (QED) is 0.828. The van der Waals surface area contributed by atoms with Crippen LogP contribution in [-0.2, 0) is 4.79 Å². The fourth-order valence-electron chi connectivity index (χ4n) is 1.16. The molecule has 0 fully saturated rings. The largest absolute Gasteiger partial charge is 0.328 e. The smallest absolute Gasteiger partial charge is 0.224 e. The lowest BCUT2D eigenvalue weighted by Gasteiger charge is -2.07. The van der Waals surface area contributed by atoms with Gasteiger partial charge in [-0.15, -0.1) is 0 Å². The van der Waals surface area contributed by atoms with Crippen molar-refractivity contribution >= 4 is 11.6 Å². The Balaban J connectivity index is 2.56. The molecule has 0 spiro atoms. The highest BCUT2D eigenvalue weighted by molar-refractivity contribution is 5.90. The summed E-state index contributed by atoms with van der Waals surface area (Å²) < 4.78 is 25.7. The molecule has 1 amide bonds. The SMILES string of the molecule is CC(N)CCC(=O)Nc1ccc(F)cc1F. The van der Waals surface area contributed by atoms with E-state index in [1.807, 2.05) is 0 Å². The number of hydrogen-bond donors (Lipinski definition) is 2. The highest BCUT2D eigenvalue weighted by Gasteiger charge is 2.08. The molecule has 1 rings (SSSR count). The third-order valence-electron chi connectivity index (χ3n) is 2.03. The number of amides is 1. The van der Waals surface area contributed by atoms with Crippen molar-refractivity contribution < 1.29 is 13.6 Å². The van der Waals surface area contributed by atoms with E-state index < -0.39 is 11.6 Å². The number of benzene rings is 1. The molecule has 1 unspecified atom stereocenters. The fourth-order valence-corrected chi connectivity index (χ4v) is 1.16. The van der Waals surface area contributed by atoms with Gasteiger partial charge in [-0.1, -0.05) is 0 Å². The number of halogens is 2. The Labute approximate surface area is 92.6 Å². The predicted octanol–water partition coefficient (Wildman–Crippen LogP) is 2.03. The Morgan fingerprint density at radius 1 is 1.50 bits per heavy atom. The third-order valence-corrected chi connectivity index (χ3v) is 2.03. The van der Waals surface area contributed by atoms with E-state index >= 15 is 0 Å². The monoisotopic (exact) mass is 228 g/mol. The van der Waals surface area contributed by atoms with Gasteiger partial charge < -0.3 is 11.1 Å². The maximum atomic E-state index is 13.1. The molecule has 1 atom stereocenters. The molecular formula is C11H14F2N2O. The first kappa shape index (κ1) is 12.6. The van der Waals surface area contributed by atoms with Crippen molar-refractivity contribution in [2.75, 3.05) is 5.32 Å². The van der Waals surface area contributed by atoms with E-state index in [2.05, 4.69) is 5.32 Å². The van der Waals surface area contributed by atoms with E-state index in [0.717, 1.165) is 12.1 Å². The Bertz CT molecular complexity index is 380. The van der Waals surface area contributed by atoms with E-state index in [1.54, 1.807) is 6.92 Å². The molecule has 5 heteroatoms. The third kappa shape index (κ3) is 3.94. The summed E-state index contributed by atoms with van der Waals surface area (Å²) in [5, 5.41) is 2.36. The van der Waals surface area contributed by atoms with Gasteiger partial charge in [-0.2, -0.15) is 0 Å². The average Bonchev–Trinajstić information content (AvgIpc) is 2.19. The van der Waals surface area contributed by atoms with Gasteiger partial charge in [-0.25, -0.2) is 8.78 Å². The molecule has 0 saturated carbocycles. The molecule has 0 aliphatic rings. The van der Waals surface area contributed by atoms with Crippen molar-refractivity contribution in [3.8, 4) is 0 Å². The summed E-state index contributed by atoms with van der Waals surface area (Å²) in [6, 6.07) is 2.92. The number of nitrogens with one attached hydrogen (secondary N) is 1. The van der Waals surface area contributed by atoms with Crippen LogP contribution in [0.2, 0.25) is 0 Å². The summed E-state index contributed by atoms with van der Waals surface area (Å²) >= 11 is 0. The summed E-state index contributed by atoms with van der Waals surface area (Å²) in [5.41, 5.74) is 5.46. The molecule has 0 aromatic heterocycles. The van der Waals surface area contributed by atoms with Gasteiger partial charge in [0.05, 0.1) is 5.69 Å². The second kappa shape index (κ2) is 5.55. The fraction of sp³-hybridized carbons (Fsp3) is 0.364. The molecule has 0 heterocycles. The Hall–Kier alpha value is -1.49. The first-order valence-corrected chi connectivity index (χ1v) is 4.99. The summed E-state index contributed by atoms with van der Waals surface area (Å²) in [7, 11) is 0. The van der Waals surface area contributed by atoms with Crippen molar-refractivity contribution in [1.29, 1.82) is 0 Å². The van der Waals surface area contributed by atoms with Gasteiger partial charge in [0.15, 0.2) is 0 Å². The normalized spacial score (nSPS) is 12.2. The molecule has 3 nitrogen and oxygen atoms in total. The molecule has 3 N–H and O–H groups in total. The summed E-state index contributed by atoms with van der Waals surface area (Å²) in [6.45, 7) is 1.78. The molecule has 0 aliphatic heterocycles. The Kier molecular flexibility index (Phi) is 4.37. The van der Waals surface area contributed by atoms with Crippen molar-refractivity contribution in [2.24, 2.45) is 5.73 Å². The minimum atomic E-state index is -0.783. The van der Waals surface area contributed by atoms with Crippen LogP contribution in [0.5, 0.6) is 0 Å². The zero-order chi connectivity index (χ0) is 12.1. The zero-order valence-electron chi connectivity index (χ0n) is 8.97. The average molecular weight is 228 g/mol. The predicted molar refractivity (Wildman–Crippen MR) is 57.9 cm³/mol. The first-order chi connectivity index (χ1) is 7.49. The van der Waals surface area contributed by atoms with Crippen LogP contribution in [-0.4, -0.2) is 11.9 Å². The molecule has 88 valence electrons. The lowest BCUT2D eigenvalue weighted by Crippen LogP contribution is -2.19. The van der Waals surface area contributed by atoms with Crippen LogP contribution in [0.1, 0.15) is 19.8 Å². The van der Waals surface area contributed by atoms with Gasteiger partial charge in [0.1, 0.15) is 11.6 Å². The first-order valence-electron chi connectivity index (χ1n) is 4.99. The van der Waals surface area contributed by atoms with Crippen LogP contribution in [0.25, 0.3) is 0 Å². The van der Waals surface area contributed by atoms with Gasteiger partial charge in [-0.05, 0) is 25.5 Å². The van der Waals surface area contributed by atoms with Crippen molar-refractivity contribution in [3.63, 3.8) is 0 Å². The molecule has 1 aromatic rings. The standard InChI is InChI=1S/C11H14F2N2O/c1-7(14)2-5-11(16)15-10-4-3-8(12)6-9(10)13/h3-4,6-7H,2,5,14H2,1H3,(H,15,16). The van der Waals surface area contributed by atoms with Crippen molar-refractivity contribution in [1.82, 2.24) is 0 Å². The number of carbonyl (C=O) groups excluding carboxylic acids is 1. The molecule has 0 aliphatic carbocycles. The number of rotatable bonds is 4. The number of nitrogens with two attached hydrogens (primary N) is 1. The molecule has 0 saturated heterocycles. The topological polar surface area (TPSA) is 55.1 Å². The van der Waals surface area contributed by atoms with Gasteiger partial charge in [0, 0.05) is 18.5 Å². The molecule has 0 bridgehead atoms. The van der Waals surface area contributed by atoms with Crippen LogP contribution in [0, 0.1) is 11.6 Å². The minimum absolute atomic E-state index is 0.0175. The van der Waals surface area contributed by atoms with Crippen LogP contribution >= 0.6 is 0 Å². The maximum Gasteiger partial charge on any atom is 0.224 e. The van der Waals surface area contributed by atoms with Crippen LogP contribution in [0.15, 0.2) is 18.2 Å². The summed E-state index contributed by atoms with van der Waals surface area (Å²) in [4.78, 5) is 11.3. The molecule has 1 aromatic carbocycles. The number of hydrogen-bond acceptors (Lipinski definition) is 2. The van der Waals surface area contributed by atoms with E-state index in [1.165, 1.54) is 6.07 Å². The van der Waals surface area contributed by atoms with Gasteiger partial charge in [0.25, 0.3) is 0 Å². The lowest BCUT2D eigenvalue weighted by molar-refractivity contribution is -0.116. The van der Waals surface area contributed by atoms with Crippen molar-refractivity contribution in [2.45, 2.75) is 25.8 Å². The lowest BCUT2D eigenvalue weighted by atomic mass is 10.2. The maximum absolute atomic E-state index is 13.1. The summed E-state index contributed by atoms with van der Waals surface area (Å²) in [5.74, 6) is -1.79. The minimum Gasteiger partial charge on any atom is -0.328 e. The number of anilines is 1. The van der Waals surface area contributed by atoms with Crippen LogP contribution < -0.4 is 11.1 Å². The van der Waals surface area contributed by atoms with Gasteiger partial charge >= 0.3 is 0 Å². The van der Waals surface area contributed by atoms with E-state index in [4.69, 9.17) is 5.73 Å². The van der Waals surface area contributed by atoms with E-state index in [9.17, 15) is 13.6 Å². The Morgan fingerprint density at radius 2 is 2.19 bits per heavy atom. The van der Waals surface area contributed by atoms with Crippen molar-refractivity contribution in [3.05, 3.63) is 29.8 Å². The Morgan fingerprint density at radius 3 is 2.75 bits per heavy atom. The number of carbonyl (C=O) groups is 1. The van der Waals surface area contributed by atoms with Crippen LogP contribution in [0.4, 0.5) is 14.5 Å². The molecule has 16 heavy (non-hydrogen) atoms. The molecular weight excluding hydrogens is 214 g/mol. The zero-order valence-corrected chi connectivity index (χ0v) is 8.97. The second-order valence-electron chi connectivity index (χ2n) is 3.69. The second-order valence-corrected chi connectivity index (χ2v) is 3.69. The molecule has 0 radical (unpaired) electrons. The van der Waals surface area contributed by atoms with E-state index in [-0.39, 0.29) is 24.1 Å². The highest BCUT2D eigenvalue weighted by Crippen LogP contribution is 2.15.